The maximum atomic E-state index is 10.3. The van der Waals surface area contributed by atoms with Gasteiger partial charge in [-0.05, 0) is 34.4 Å². The average Bonchev–Trinajstić information content (AvgIpc) is 2.47. The first-order valence-corrected chi connectivity index (χ1v) is 6.80. The molecule has 0 fully saturated rings. The highest BCUT2D eigenvalue weighted by atomic mass is 16.3. The van der Waals surface area contributed by atoms with Crippen LogP contribution in [0.2, 0.25) is 0 Å². The Labute approximate surface area is 118 Å². The SMILES string of the molecule is Cc1cncc(C(O)Cc2ccc3ccccc3c2)c1. The highest BCUT2D eigenvalue weighted by molar-refractivity contribution is 5.83. The van der Waals surface area contributed by atoms with Crippen LogP contribution >= 0.6 is 0 Å². The van der Waals surface area contributed by atoms with Crippen molar-refractivity contribution in [3.05, 3.63) is 77.6 Å². The van der Waals surface area contributed by atoms with Crippen LogP contribution in [0.1, 0.15) is 22.8 Å². The number of hydrogen-bond acceptors (Lipinski definition) is 2. The van der Waals surface area contributed by atoms with Crippen LogP contribution in [0, 0.1) is 6.92 Å². The molecule has 20 heavy (non-hydrogen) atoms. The number of nitrogens with zero attached hydrogens (tertiary/aromatic N) is 1. The van der Waals surface area contributed by atoms with Gasteiger partial charge in [0.15, 0.2) is 0 Å². The number of fused-ring (bicyclic) bond motifs is 1. The fourth-order valence-corrected chi connectivity index (χ4v) is 2.47. The van der Waals surface area contributed by atoms with Gasteiger partial charge in [0.05, 0.1) is 6.10 Å². The summed E-state index contributed by atoms with van der Waals surface area (Å²) in [5.41, 5.74) is 3.08. The van der Waals surface area contributed by atoms with Gasteiger partial charge in [-0.2, -0.15) is 0 Å². The summed E-state index contributed by atoms with van der Waals surface area (Å²) in [5.74, 6) is 0. The van der Waals surface area contributed by atoms with Crippen molar-refractivity contribution in [3.8, 4) is 0 Å². The van der Waals surface area contributed by atoms with Gasteiger partial charge in [-0.3, -0.25) is 4.98 Å². The van der Waals surface area contributed by atoms with Gasteiger partial charge in [-0.25, -0.2) is 0 Å². The molecule has 2 nitrogen and oxygen atoms in total. The molecule has 3 rings (SSSR count). The Hall–Kier alpha value is -2.19. The van der Waals surface area contributed by atoms with E-state index in [2.05, 4.69) is 35.3 Å². The number of aromatic nitrogens is 1. The highest BCUT2D eigenvalue weighted by Crippen LogP contribution is 2.21. The minimum Gasteiger partial charge on any atom is -0.388 e. The third-order valence-electron chi connectivity index (χ3n) is 3.52. The predicted octanol–water partition coefficient (Wildman–Crippen LogP) is 3.82. The minimum absolute atomic E-state index is 0.511. The van der Waals surface area contributed by atoms with E-state index in [-0.39, 0.29) is 0 Å². The second kappa shape index (κ2) is 5.43. The maximum absolute atomic E-state index is 10.3. The van der Waals surface area contributed by atoms with Crippen LogP contribution in [0.4, 0.5) is 0 Å². The van der Waals surface area contributed by atoms with E-state index in [1.807, 2.05) is 25.1 Å². The largest absolute Gasteiger partial charge is 0.388 e. The van der Waals surface area contributed by atoms with Gasteiger partial charge in [0.2, 0.25) is 0 Å². The molecule has 0 aliphatic heterocycles. The summed E-state index contributed by atoms with van der Waals surface area (Å²) in [4.78, 5) is 4.14. The van der Waals surface area contributed by atoms with Crippen LogP contribution in [-0.4, -0.2) is 10.1 Å². The molecule has 0 saturated heterocycles. The van der Waals surface area contributed by atoms with Crippen LogP contribution < -0.4 is 0 Å². The number of hydrogen-bond donors (Lipinski definition) is 1. The molecular weight excluding hydrogens is 246 g/mol. The zero-order valence-electron chi connectivity index (χ0n) is 11.5. The number of benzene rings is 2. The van der Waals surface area contributed by atoms with Crippen LogP contribution in [0.3, 0.4) is 0 Å². The van der Waals surface area contributed by atoms with Crippen molar-refractivity contribution < 1.29 is 5.11 Å². The summed E-state index contributed by atoms with van der Waals surface area (Å²) in [6.45, 7) is 1.99. The van der Waals surface area contributed by atoms with E-state index in [0.29, 0.717) is 6.42 Å². The third kappa shape index (κ3) is 2.70. The Kier molecular flexibility index (Phi) is 3.48. The maximum Gasteiger partial charge on any atom is 0.0845 e. The van der Waals surface area contributed by atoms with Crippen molar-refractivity contribution in [3.63, 3.8) is 0 Å². The molecule has 1 N–H and O–H groups in total. The zero-order chi connectivity index (χ0) is 13.9. The van der Waals surface area contributed by atoms with Gasteiger partial charge in [-0.15, -0.1) is 0 Å². The standard InChI is InChI=1S/C18H17NO/c1-13-8-17(12-19-11-13)18(20)10-14-6-7-15-4-2-3-5-16(15)9-14/h2-9,11-12,18,20H,10H2,1H3. The number of aliphatic hydroxyl groups excluding tert-OH is 1. The van der Waals surface area contributed by atoms with E-state index in [1.165, 1.54) is 10.8 Å². The first-order valence-electron chi connectivity index (χ1n) is 6.80. The summed E-state index contributed by atoms with van der Waals surface area (Å²) in [6.07, 6.45) is 3.63. The van der Waals surface area contributed by atoms with Gasteiger partial charge in [0, 0.05) is 18.8 Å². The average molecular weight is 263 g/mol. The molecule has 0 bridgehead atoms. The van der Waals surface area contributed by atoms with Gasteiger partial charge in [0.25, 0.3) is 0 Å². The van der Waals surface area contributed by atoms with E-state index in [4.69, 9.17) is 0 Å². The zero-order valence-corrected chi connectivity index (χ0v) is 11.5. The minimum atomic E-state index is -0.511. The molecule has 1 aromatic heterocycles. The molecular formula is C18H17NO. The second-order valence-corrected chi connectivity index (χ2v) is 5.20. The van der Waals surface area contributed by atoms with Crippen molar-refractivity contribution >= 4 is 10.8 Å². The van der Waals surface area contributed by atoms with Crippen LogP contribution in [-0.2, 0) is 6.42 Å². The molecule has 0 saturated carbocycles. The molecule has 100 valence electrons. The Morgan fingerprint density at radius 1 is 1.00 bits per heavy atom. The van der Waals surface area contributed by atoms with Gasteiger partial charge in [0.1, 0.15) is 0 Å². The lowest BCUT2D eigenvalue weighted by Crippen LogP contribution is -2.02. The predicted molar refractivity (Wildman–Crippen MR) is 81.6 cm³/mol. The molecule has 0 spiro atoms. The smallest absolute Gasteiger partial charge is 0.0845 e. The number of pyridine rings is 1. The Morgan fingerprint density at radius 2 is 1.80 bits per heavy atom. The van der Waals surface area contributed by atoms with Crippen molar-refractivity contribution in [1.82, 2.24) is 4.98 Å². The monoisotopic (exact) mass is 263 g/mol. The van der Waals surface area contributed by atoms with Crippen molar-refractivity contribution in [2.75, 3.05) is 0 Å². The quantitative estimate of drug-likeness (QED) is 0.779. The van der Waals surface area contributed by atoms with Gasteiger partial charge >= 0.3 is 0 Å². The Morgan fingerprint density at radius 3 is 2.60 bits per heavy atom. The van der Waals surface area contributed by atoms with Crippen molar-refractivity contribution in [2.45, 2.75) is 19.4 Å². The lowest BCUT2D eigenvalue weighted by Gasteiger charge is -2.12. The molecule has 0 aliphatic rings. The van der Waals surface area contributed by atoms with E-state index in [9.17, 15) is 5.11 Å². The van der Waals surface area contributed by atoms with Crippen molar-refractivity contribution in [2.24, 2.45) is 0 Å². The second-order valence-electron chi connectivity index (χ2n) is 5.20. The normalized spacial score (nSPS) is 12.5. The molecule has 2 heteroatoms. The Bertz CT molecular complexity index is 736. The summed E-state index contributed by atoms with van der Waals surface area (Å²) in [5, 5.41) is 12.8. The fraction of sp³-hybridized carbons (Fsp3) is 0.167. The lowest BCUT2D eigenvalue weighted by molar-refractivity contribution is 0.178. The fourth-order valence-electron chi connectivity index (χ4n) is 2.47. The van der Waals surface area contributed by atoms with Gasteiger partial charge < -0.3 is 5.11 Å². The Balaban J connectivity index is 1.85. The molecule has 0 amide bonds. The highest BCUT2D eigenvalue weighted by Gasteiger charge is 2.09. The summed E-state index contributed by atoms with van der Waals surface area (Å²) >= 11 is 0. The van der Waals surface area contributed by atoms with Crippen LogP contribution in [0.25, 0.3) is 10.8 Å². The van der Waals surface area contributed by atoms with E-state index in [0.717, 1.165) is 16.7 Å². The summed E-state index contributed by atoms with van der Waals surface area (Å²) in [7, 11) is 0. The molecule has 2 aromatic carbocycles. The first-order chi connectivity index (χ1) is 9.72. The van der Waals surface area contributed by atoms with Gasteiger partial charge in [-0.1, -0.05) is 48.5 Å². The number of aryl methyl sites for hydroxylation is 1. The molecule has 1 unspecified atom stereocenters. The van der Waals surface area contributed by atoms with E-state index >= 15 is 0 Å². The van der Waals surface area contributed by atoms with Crippen LogP contribution in [0.5, 0.6) is 0 Å². The number of rotatable bonds is 3. The third-order valence-corrected chi connectivity index (χ3v) is 3.52. The summed E-state index contributed by atoms with van der Waals surface area (Å²) < 4.78 is 0. The number of aliphatic hydroxyl groups is 1. The molecule has 1 heterocycles. The summed E-state index contributed by atoms with van der Waals surface area (Å²) in [6, 6.07) is 16.6. The lowest BCUT2D eigenvalue weighted by atomic mass is 9.99. The molecule has 1 atom stereocenters. The van der Waals surface area contributed by atoms with E-state index in [1.54, 1.807) is 12.4 Å². The van der Waals surface area contributed by atoms with E-state index < -0.39 is 6.10 Å². The van der Waals surface area contributed by atoms with Crippen molar-refractivity contribution in [1.29, 1.82) is 0 Å². The molecule has 0 aliphatic carbocycles. The first kappa shape index (κ1) is 12.8. The topological polar surface area (TPSA) is 33.1 Å². The van der Waals surface area contributed by atoms with Crippen LogP contribution in [0.15, 0.2) is 60.9 Å². The molecule has 3 aromatic rings. The molecule has 0 radical (unpaired) electrons.